The second-order valence-electron chi connectivity index (χ2n) is 10.1. The second-order valence-corrected chi connectivity index (χ2v) is 10.9. The molecule has 1 aromatic carbocycles. The Morgan fingerprint density at radius 3 is 2.58 bits per heavy atom. The van der Waals surface area contributed by atoms with Gasteiger partial charge in [-0.15, -0.1) is 0 Å². The number of carbonyl (C=O) groups excluding carboxylic acids is 2. The van der Waals surface area contributed by atoms with Gasteiger partial charge in [0.1, 0.15) is 5.82 Å². The number of nitrogens with one attached hydrogen (secondary N) is 1. The van der Waals surface area contributed by atoms with Gasteiger partial charge in [-0.3, -0.25) is 4.79 Å². The standard InChI is InChI=1S/C23H30Cl2FN3O2/c1-22(8-3-4-9-22)19(17-16(26)6-5-15(24)18(17)25)28-20(30)13-7-10-23(11-14(13)23)12-29(2)21(27)31/h5-6,13-14,19H,3-4,7-12H2,1-2H3,(H2,27,31)(H,28,30)/t13-,14?,19-,23+/m1/s1. The minimum Gasteiger partial charge on any atom is -0.351 e. The molecule has 0 spiro atoms. The molecule has 3 saturated carbocycles. The van der Waals surface area contributed by atoms with E-state index in [4.69, 9.17) is 28.9 Å². The minimum absolute atomic E-state index is 0.0164. The Morgan fingerprint density at radius 1 is 1.29 bits per heavy atom. The van der Waals surface area contributed by atoms with Crippen molar-refractivity contribution < 1.29 is 14.0 Å². The van der Waals surface area contributed by atoms with Crippen molar-refractivity contribution in [1.29, 1.82) is 0 Å². The number of amides is 3. The summed E-state index contributed by atoms with van der Waals surface area (Å²) in [6.45, 7) is 2.67. The third-order valence-corrected chi connectivity index (χ3v) is 8.87. The Balaban J connectivity index is 1.56. The number of fused-ring (bicyclic) bond motifs is 1. The number of hydrogen-bond donors (Lipinski definition) is 2. The molecule has 4 rings (SSSR count). The van der Waals surface area contributed by atoms with Gasteiger partial charge in [0.05, 0.1) is 16.1 Å². The van der Waals surface area contributed by atoms with Crippen molar-refractivity contribution >= 4 is 35.1 Å². The first-order valence-electron chi connectivity index (χ1n) is 11.0. The molecule has 0 bridgehead atoms. The van der Waals surface area contributed by atoms with Crippen molar-refractivity contribution in [3.05, 3.63) is 33.6 Å². The third kappa shape index (κ3) is 4.02. The third-order valence-electron chi connectivity index (χ3n) is 8.05. The summed E-state index contributed by atoms with van der Waals surface area (Å²) in [7, 11) is 1.70. The number of urea groups is 1. The number of benzene rings is 1. The summed E-state index contributed by atoms with van der Waals surface area (Å²) in [5.41, 5.74) is 5.38. The van der Waals surface area contributed by atoms with Crippen LogP contribution in [0.2, 0.25) is 10.0 Å². The van der Waals surface area contributed by atoms with Gasteiger partial charge < -0.3 is 16.0 Å². The maximum atomic E-state index is 15.0. The Labute approximate surface area is 192 Å². The van der Waals surface area contributed by atoms with Gasteiger partial charge in [0.25, 0.3) is 0 Å². The average Bonchev–Trinajstić information content (AvgIpc) is 3.05. The fraction of sp³-hybridized carbons (Fsp3) is 0.652. The van der Waals surface area contributed by atoms with E-state index in [-0.39, 0.29) is 38.6 Å². The molecule has 3 fully saturated rings. The molecule has 0 radical (unpaired) electrons. The molecule has 1 aromatic rings. The van der Waals surface area contributed by atoms with Gasteiger partial charge >= 0.3 is 6.03 Å². The number of halogens is 3. The van der Waals surface area contributed by atoms with Crippen molar-refractivity contribution in [3.63, 3.8) is 0 Å². The van der Waals surface area contributed by atoms with Crippen LogP contribution in [0.3, 0.4) is 0 Å². The van der Waals surface area contributed by atoms with E-state index in [1.165, 1.54) is 17.0 Å². The zero-order chi connectivity index (χ0) is 22.6. The summed E-state index contributed by atoms with van der Waals surface area (Å²) in [4.78, 5) is 26.4. The number of carbonyl (C=O) groups is 2. The number of nitrogens with two attached hydrogens (primary N) is 1. The highest BCUT2D eigenvalue weighted by atomic mass is 35.5. The first-order chi connectivity index (χ1) is 14.6. The van der Waals surface area contributed by atoms with Gasteiger partial charge in [0, 0.05) is 25.1 Å². The van der Waals surface area contributed by atoms with Crippen molar-refractivity contribution in [1.82, 2.24) is 10.2 Å². The lowest BCUT2D eigenvalue weighted by atomic mass is 9.76. The van der Waals surface area contributed by atoms with E-state index in [2.05, 4.69) is 12.2 Å². The van der Waals surface area contributed by atoms with Gasteiger partial charge in [-0.2, -0.15) is 0 Å². The van der Waals surface area contributed by atoms with E-state index in [9.17, 15) is 14.0 Å². The summed E-state index contributed by atoms with van der Waals surface area (Å²) in [5, 5.41) is 3.65. The molecule has 0 saturated heterocycles. The smallest absolute Gasteiger partial charge is 0.314 e. The summed E-state index contributed by atoms with van der Waals surface area (Å²) in [5.74, 6) is -0.413. The lowest BCUT2D eigenvalue weighted by molar-refractivity contribution is -0.127. The van der Waals surface area contributed by atoms with Crippen LogP contribution in [0.25, 0.3) is 0 Å². The molecule has 0 aromatic heterocycles. The summed E-state index contributed by atoms with van der Waals surface area (Å²) in [6, 6.07) is 1.79. The van der Waals surface area contributed by atoms with E-state index in [1.807, 2.05) is 0 Å². The molecule has 4 atom stereocenters. The quantitative estimate of drug-likeness (QED) is 0.554. The van der Waals surface area contributed by atoms with Gasteiger partial charge in [-0.25, -0.2) is 9.18 Å². The fourth-order valence-electron chi connectivity index (χ4n) is 6.13. The van der Waals surface area contributed by atoms with Crippen molar-refractivity contribution in [2.45, 2.75) is 57.9 Å². The maximum absolute atomic E-state index is 15.0. The predicted molar refractivity (Wildman–Crippen MR) is 119 cm³/mol. The molecule has 3 amide bonds. The normalized spacial score (nSPS) is 29.3. The lowest BCUT2D eigenvalue weighted by Crippen LogP contribution is -2.42. The van der Waals surface area contributed by atoms with E-state index < -0.39 is 17.9 Å². The van der Waals surface area contributed by atoms with Crippen LogP contribution in [0.15, 0.2) is 12.1 Å². The van der Waals surface area contributed by atoms with Crippen LogP contribution < -0.4 is 11.1 Å². The van der Waals surface area contributed by atoms with E-state index >= 15 is 0 Å². The zero-order valence-electron chi connectivity index (χ0n) is 18.0. The predicted octanol–water partition coefficient (Wildman–Crippen LogP) is 5.30. The molecule has 3 aliphatic carbocycles. The molecule has 170 valence electrons. The van der Waals surface area contributed by atoms with E-state index in [1.54, 1.807) is 7.05 Å². The van der Waals surface area contributed by atoms with E-state index in [0.29, 0.717) is 12.1 Å². The van der Waals surface area contributed by atoms with Crippen molar-refractivity contribution in [3.8, 4) is 0 Å². The number of nitrogens with zero attached hydrogens (tertiary/aromatic N) is 1. The molecule has 0 aliphatic heterocycles. The van der Waals surface area contributed by atoms with Crippen LogP contribution in [-0.4, -0.2) is 30.4 Å². The van der Waals surface area contributed by atoms with Crippen molar-refractivity contribution in [2.75, 3.05) is 13.6 Å². The molecule has 8 heteroatoms. The highest BCUT2D eigenvalue weighted by molar-refractivity contribution is 6.42. The van der Waals surface area contributed by atoms with Crippen LogP contribution in [0.5, 0.6) is 0 Å². The Hall–Kier alpha value is -1.53. The van der Waals surface area contributed by atoms with Crippen LogP contribution in [0.4, 0.5) is 9.18 Å². The Kier molecular flexibility index (Phi) is 5.93. The minimum atomic E-state index is -0.532. The molecule has 3 N–H and O–H groups in total. The maximum Gasteiger partial charge on any atom is 0.314 e. The van der Waals surface area contributed by atoms with Gasteiger partial charge in [-0.1, -0.05) is 43.0 Å². The Bertz CT molecular complexity index is 905. The summed E-state index contributed by atoms with van der Waals surface area (Å²) >= 11 is 12.7. The number of primary amides is 1. The topological polar surface area (TPSA) is 75.4 Å². The molecule has 0 heterocycles. The number of hydrogen-bond acceptors (Lipinski definition) is 2. The first-order valence-corrected chi connectivity index (χ1v) is 11.8. The van der Waals surface area contributed by atoms with Gasteiger partial charge in [-0.05, 0) is 61.0 Å². The fourth-order valence-corrected chi connectivity index (χ4v) is 6.55. The highest BCUT2D eigenvalue weighted by Crippen LogP contribution is 2.66. The van der Waals surface area contributed by atoms with Crippen LogP contribution in [0.1, 0.15) is 63.5 Å². The lowest BCUT2D eigenvalue weighted by Gasteiger charge is -2.36. The van der Waals surface area contributed by atoms with Gasteiger partial charge in [0.2, 0.25) is 5.91 Å². The van der Waals surface area contributed by atoms with Gasteiger partial charge in [0.15, 0.2) is 0 Å². The monoisotopic (exact) mass is 469 g/mol. The second kappa shape index (κ2) is 8.11. The highest BCUT2D eigenvalue weighted by Gasteiger charge is 2.63. The average molecular weight is 470 g/mol. The van der Waals surface area contributed by atoms with Crippen molar-refractivity contribution in [2.24, 2.45) is 28.4 Å². The zero-order valence-corrected chi connectivity index (χ0v) is 19.5. The molecule has 1 unspecified atom stereocenters. The van der Waals surface area contributed by atoms with Crippen LogP contribution in [0, 0.1) is 28.5 Å². The van der Waals surface area contributed by atoms with Crippen LogP contribution >= 0.6 is 23.2 Å². The SMILES string of the molecule is CN(C[C@@]12CC[C@@H](C(=O)N[C@H](c3c(F)ccc(Cl)c3Cl)C3(C)CCCC3)C1C2)C(N)=O. The number of rotatable bonds is 6. The van der Waals surface area contributed by atoms with Crippen LogP contribution in [-0.2, 0) is 4.79 Å². The molecule has 5 nitrogen and oxygen atoms in total. The Morgan fingerprint density at radius 2 is 1.97 bits per heavy atom. The molecular weight excluding hydrogens is 440 g/mol. The first kappa shape index (κ1) is 22.7. The molecular formula is C23H30Cl2FN3O2. The molecule has 31 heavy (non-hydrogen) atoms. The largest absolute Gasteiger partial charge is 0.351 e. The van der Waals surface area contributed by atoms with E-state index in [0.717, 1.165) is 44.9 Å². The summed E-state index contributed by atoms with van der Waals surface area (Å²) < 4.78 is 15.0. The molecule has 3 aliphatic rings. The summed E-state index contributed by atoms with van der Waals surface area (Å²) in [6.07, 6.45) is 6.43.